The summed E-state index contributed by atoms with van der Waals surface area (Å²) in [4.78, 5) is 27.2. The molecule has 1 N–H and O–H groups in total. The smallest absolute Gasteiger partial charge is 0.243 e. The zero-order valence-corrected chi connectivity index (χ0v) is 20.9. The molecular weight excluding hydrogens is 470 g/mol. The lowest BCUT2D eigenvalue weighted by Crippen LogP contribution is -2.45. The van der Waals surface area contributed by atoms with Gasteiger partial charge < -0.3 is 19.7 Å². The van der Waals surface area contributed by atoms with E-state index in [0.29, 0.717) is 43.0 Å². The molecule has 2 amide bonds. The van der Waals surface area contributed by atoms with Gasteiger partial charge in [0.05, 0.1) is 16.2 Å². The number of carbonyl (C=O) groups excluding carboxylic acids is 2. The monoisotopic (exact) mass is 499 g/mol. The Morgan fingerprint density at radius 2 is 1.91 bits per heavy atom. The van der Waals surface area contributed by atoms with Crippen LogP contribution in [0.2, 0.25) is 0 Å². The fourth-order valence-electron chi connectivity index (χ4n) is 5.02. The van der Waals surface area contributed by atoms with E-state index in [1.54, 1.807) is 44.0 Å². The molecule has 3 heterocycles. The minimum atomic E-state index is -3.82. The Labute approximate surface area is 205 Å². The molecule has 0 saturated carbocycles. The molecule has 10 heteroatoms. The molecule has 0 spiro atoms. The molecule has 186 valence electrons. The number of ether oxygens (including phenoxy) is 2. The van der Waals surface area contributed by atoms with Crippen molar-refractivity contribution in [2.45, 2.75) is 43.5 Å². The molecule has 0 aromatic heterocycles. The second kappa shape index (κ2) is 8.53. The second-order valence-electron chi connectivity index (χ2n) is 9.78. The lowest BCUT2D eigenvalue weighted by atomic mass is 9.86. The summed E-state index contributed by atoms with van der Waals surface area (Å²) in [5, 5.41) is 2.93. The van der Waals surface area contributed by atoms with Crippen molar-refractivity contribution < 1.29 is 27.5 Å². The van der Waals surface area contributed by atoms with Gasteiger partial charge in [-0.05, 0) is 68.1 Å². The maximum Gasteiger partial charge on any atom is 0.243 e. The first-order valence-electron chi connectivity index (χ1n) is 11.7. The third-order valence-corrected chi connectivity index (χ3v) is 9.00. The molecule has 0 unspecified atom stereocenters. The summed E-state index contributed by atoms with van der Waals surface area (Å²) in [7, 11) is -2.12. The van der Waals surface area contributed by atoms with E-state index in [4.69, 9.17) is 9.47 Å². The topological polar surface area (TPSA) is 105 Å². The highest BCUT2D eigenvalue weighted by Gasteiger charge is 2.43. The molecule has 0 aliphatic carbocycles. The third kappa shape index (κ3) is 4.04. The fourth-order valence-corrected chi connectivity index (χ4v) is 6.57. The average molecular weight is 500 g/mol. The first kappa shape index (κ1) is 23.6. The number of rotatable bonds is 5. The van der Waals surface area contributed by atoms with Gasteiger partial charge in [-0.1, -0.05) is 6.07 Å². The maximum atomic E-state index is 13.5. The molecule has 0 radical (unpaired) electrons. The van der Waals surface area contributed by atoms with E-state index < -0.39 is 21.4 Å². The van der Waals surface area contributed by atoms with Gasteiger partial charge in [-0.3, -0.25) is 9.59 Å². The van der Waals surface area contributed by atoms with Crippen LogP contribution >= 0.6 is 0 Å². The van der Waals surface area contributed by atoms with Crippen LogP contribution in [0.4, 0.5) is 5.69 Å². The van der Waals surface area contributed by atoms with Crippen LogP contribution in [0, 0.1) is 5.92 Å². The lowest BCUT2D eigenvalue weighted by molar-refractivity contribution is -0.126. The van der Waals surface area contributed by atoms with Crippen LogP contribution in [0.5, 0.6) is 11.5 Å². The minimum absolute atomic E-state index is 0.0702. The number of benzene rings is 2. The highest BCUT2D eigenvalue weighted by Crippen LogP contribution is 2.42. The third-order valence-electron chi connectivity index (χ3n) is 7.14. The standard InChI is InChI=1S/C25H29N3O6S/c1-25(2)19-12-18(7-8-20(19)27(3)24(25)30)35(31,32)28-10-4-5-17(14-28)23(29)26-13-16-6-9-21-22(11-16)34-15-33-21/h6-9,11-12,17H,4-5,10,13-15H2,1-3H3,(H,26,29)/t17-/m0/s1. The zero-order valence-electron chi connectivity index (χ0n) is 20.0. The molecule has 3 aliphatic heterocycles. The Hall–Kier alpha value is -3.11. The molecule has 35 heavy (non-hydrogen) atoms. The quantitative estimate of drug-likeness (QED) is 0.677. The summed E-state index contributed by atoms with van der Waals surface area (Å²) in [6, 6.07) is 10.3. The number of hydrogen-bond donors (Lipinski definition) is 1. The van der Waals surface area contributed by atoms with E-state index in [0.717, 1.165) is 11.3 Å². The summed E-state index contributed by atoms with van der Waals surface area (Å²) in [6.07, 6.45) is 1.22. The highest BCUT2D eigenvalue weighted by atomic mass is 32.2. The van der Waals surface area contributed by atoms with Gasteiger partial charge in [-0.25, -0.2) is 8.42 Å². The van der Waals surface area contributed by atoms with Gasteiger partial charge in [0.2, 0.25) is 28.6 Å². The number of anilines is 1. The number of carbonyl (C=O) groups is 2. The molecule has 3 aliphatic rings. The predicted molar refractivity (Wildman–Crippen MR) is 129 cm³/mol. The SMILES string of the molecule is CN1C(=O)C(C)(C)c2cc(S(=O)(=O)N3CCC[C@H](C(=O)NCc4ccc5c(c4)OCO5)C3)ccc21. The molecule has 1 fully saturated rings. The predicted octanol–water partition coefficient (Wildman–Crippen LogP) is 2.39. The van der Waals surface area contributed by atoms with Gasteiger partial charge in [-0.15, -0.1) is 0 Å². The van der Waals surface area contributed by atoms with Crippen molar-refractivity contribution in [1.29, 1.82) is 0 Å². The summed E-state index contributed by atoms with van der Waals surface area (Å²) in [5.74, 6) is 0.645. The normalized spacial score (nSPS) is 21.2. The average Bonchev–Trinajstić information content (AvgIpc) is 3.39. The van der Waals surface area contributed by atoms with Crippen LogP contribution in [-0.4, -0.2) is 51.5 Å². The number of nitrogens with one attached hydrogen (secondary N) is 1. The Balaban J connectivity index is 1.28. The van der Waals surface area contributed by atoms with Gasteiger partial charge in [0, 0.05) is 32.4 Å². The van der Waals surface area contributed by atoms with E-state index in [2.05, 4.69) is 5.32 Å². The number of piperidine rings is 1. The second-order valence-corrected chi connectivity index (χ2v) is 11.7. The molecule has 2 aromatic rings. The number of fused-ring (bicyclic) bond motifs is 2. The Morgan fingerprint density at radius 3 is 2.71 bits per heavy atom. The summed E-state index contributed by atoms with van der Waals surface area (Å²) in [5.41, 5.74) is 1.50. The first-order valence-corrected chi connectivity index (χ1v) is 13.1. The Kier molecular flexibility index (Phi) is 5.76. The molecule has 1 atom stereocenters. The maximum absolute atomic E-state index is 13.5. The van der Waals surface area contributed by atoms with E-state index >= 15 is 0 Å². The van der Waals surface area contributed by atoms with Gasteiger partial charge in [0.25, 0.3) is 0 Å². The molecule has 9 nitrogen and oxygen atoms in total. The van der Waals surface area contributed by atoms with E-state index in [-0.39, 0.29) is 30.0 Å². The summed E-state index contributed by atoms with van der Waals surface area (Å²) in [6.45, 7) is 4.58. The van der Waals surface area contributed by atoms with Crippen LogP contribution < -0.4 is 19.7 Å². The van der Waals surface area contributed by atoms with Gasteiger partial charge >= 0.3 is 0 Å². The number of likely N-dealkylation sites (N-methyl/N-ethyl adjacent to an activating group) is 1. The molecular formula is C25H29N3O6S. The minimum Gasteiger partial charge on any atom is -0.454 e. The van der Waals surface area contributed by atoms with Crippen molar-refractivity contribution in [3.05, 3.63) is 47.5 Å². The highest BCUT2D eigenvalue weighted by molar-refractivity contribution is 7.89. The fraction of sp³-hybridized carbons (Fsp3) is 0.440. The van der Waals surface area contributed by atoms with E-state index in [9.17, 15) is 18.0 Å². The lowest BCUT2D eigenvalue weighted by Gasteiger charge is -2.31. The van der Waals surface area contributed by atoms with Crippen LogP contribution in [0.15, 0.2) is 41.3 Å². The van der Waals surface area contributed by atoms with E-state index in [1.165, 1.54) is 4.31 Å². The van der Waals surface area contributed by atoms with Gasteiger partial charge in [0.15, 0.2) is 11.5 Å². The molecule has 1 saturated heterocycles. The summed E-state index contributed by atoms with van der Waals surface area (Å²) < 4.78 is 39.0. The van der Waals surface area contributed by atoms with E-state index in [1.807, 2.05) is 18.2 Å². The van der Waals surface area contributed by atoms with Crippen molar-refractivity contribution in [2.24, 2.45) is 5.92 Å². The number of nitrogens with zero attached hydrogens (tertiary/aromatic N) is 2. The van der Waals surface area contributed by atoms with Crippen molar-refractivity contribution in [3.63, 3.8) is 0 Å². The molecule has 2 aromatic carbocycles. The largest absolute Gasteiger partial charge is 0.454 e. The van der Waals surface area contributed by atoms with Crippen molar-refractivity contribution >= 4 is 27.5 Å². The van der Waals surface area contributed by atoms with Crippen LogP contribution in [0.3, 0.4) is 0 Å². The zero-order chi connectivity index (χ0) is 25.0. The first-order chi connectivity index (χ1) is 16.6. The molecule has 0 bridgehead atoms. The van der Waals surface area contributed by atoms with Crippen LogP contribution in [0.25, 0.3) is 0 Å². The number of sulfonamides is 1. The van der Waals surface area contributed by atoms with Crippen molar-refractivity contribution in [1.82, 2.24) is 9.62 Å². The number of hydrogen-bond acceptors (Lipinski definition) is 6. The summed E-state index contributed by atoms with van der Waals surface area (Å²) >= 11 is 0. The Morgan fingerprint density at radius 1 is 1.14 bits per heavy atom. The van der Waals surface area contributed by atoms with Crippen molar-refractivity contribution in [2.75, 3.05) is 31.8 Å². The van der Waals surface area contributed by atoms with Crippen molar-refractivity contribution in [3.8, 4) is 11.5 Å². The van der Waals surface area contributed by atoms with Crippen LogP contribution in [-0.2, 0) is 31.6 Å². The van der Waals surface area contributed by atoms with Crippen LogP contribution in [0.1, 0.15) is 37.8 Å². The number of amides is 2. The Bertz CT molecular complexity index is 1310. The molecule has 5 rings (SSSR count). The van der Waals surface area contributed by atoms with Gasteiger partial charge in [-0.2, -0.15) is 4.31 Å². The van der Waals surface area contributed by atoms with Gasteiger partial charge in [0.1, 0.15) is 0 Å².